The first kappa shape index (κ1) is 15.5. The maximum absolute atomic E-state index is 6.44. The number of rotatable bonds is 6. The number of halogens is 1. The molecular weight excluding hydrogens is 292 g/mol. The maximum Gasteiger partial charge on any atom is 0.0898 e. The number of nitrogens with zero attached hydrogens (tertiary/aromatic N) is 3. The highest BCUT2D eigenvalue weighted by Crippen LogP contribution is 2.27. The normalized spacial score (nSPS) is 12.8. The molecule has 2 heterocycles. The summed E-state index contributed by atoms with van der Waals surface area (Å²) in [5, 5.41) is 12.0. The van der Waals surface area contributed by atoms with Crippen LogP contribution in [0.25, 0.3) is 0 Å². The van der Waals surface area contributed by atoms with Crippen LogP contribution in [0.3, 0.4) is 0 Å². The molecule has 0 fully saturated rings. The maximum atomic E-state index is 6.44. The van der Waals surface area contributed by atoms with Gasteiger partial charge in [0.2, 0.25) is 0 Å². The third kappa shape index (κ3) is 3.22. The van der Waals surface area contributed by atoms with E-state index in [0.717, 1.165) is 46.5 Å². The van der Waals surface area contributed by atoms with E-state index in [9.17, 15) is 0 Å². The van der Waals surface area contributed by atoms with Gasteiger partial charge >= 0.3 is 0 Å². The fourth-order valence-electron chi connectivity index (χ4n) is 2.30. The van der Waals surface area contributed by atoms with E-state index in [2.05, 4.69) is 34.6 Å². The number of likely N-dealkylation sites (N-methyl/N-ethyl adjacent to an activating group) is 1. The Hall–Kier alpha value is -0.910. The number of nitrogens with one attached hydrogen (secondary N) is 1. The molecule has 2 aromatic heterocycles. The Morgan fingerprint density at radius 3 is 2.70 bits per heavy atom. The first-order valence-electron chi connectivity index (χ1n) is 6.92. The van der Waals surface area contributed by atoms with Crippen LogP contribution in [0.4, 0.5) is 0 Å². The Morgan fingerprint density at radius 2 is 2.20 bits per heavy atom. The van der Waals surface area contributed by atoms with Crippen molar-refractivity contribution >= 4 is 22.9 Å². The van der Waals surface area contributed by atoms with E-state index in [4.69, 9.17) is 11.6 Å². The van der Waals surface area contributed by atoms with Crippen molar-refractivity contribution in [2.45, 2.75) is 39.7 Å². The molecule has 1 unspecified atom stereocenters. The van der Waals surface area contributed by atoms with Gasteiger partial charge in [-0.1, -0.05) is 25.4 Å². The average molecular weight is 313 g/mol. The molecule has 0 aliphatic heterocycles. The first-order chi connectivity index (χ1) is 9.56. The molecular formula is C14H21ClN4S. The minimum Gasteiger partial charge on any atom is -0.309 e. The summed E-state index contributed by atoms with van der Waals surface area (Å²) >= 11 is 8.12. The topological polar surface area (TPSA) is 42.7 Å². The number of aryl methyl sites for hydroxylation is 3. The van der Waals surface area contributed by atoms with E-state index in [1.807, 2.05) is 18.7 Å². The van der Waals surface area contributed by atoms with Crippen LogP contribution >= 0.6 is 22.9 Å². The summed E-state index contributed by atoms with van der Waals surface area (Å²) in [5.41, 5.74) is 3.12. The molecule has 0 saturated heterocycles. The minimum absolute atomic E-state index is 0.183. The molecule has 0 amide bonds. The van der Waals surface area contributed by atoms with Crippen molar-refractivity contribution in [3.63, 3.8) is 0 Å². The third-order valence-corrected chi connectivity index (χ3v) is 4.57. The van der Waals surface area contributed by atoms with Gasteiger partial charge in [-0.2, -0.15) is 5.10 Å². The summed E-state index contributed by atoms with van der Waals surface area (Å²) in [6.45, 7) is 7.11. The van der Waals surface area contributed by atoms with Crippen molar-refractivity contribution in [2.75, 3.05) is 6.54 Å². The van der Waals surface area contributed by atoms with Gasteiger partial charge in [0, 0.05) is 18.8 Å². The zero-order chi connectivity index (χ0) is 14.7. The van der Waals surface area contributed by atoms with Crippen molar-refractivity contribution < 1.29 is 0 Å². The Morgan fingerprint density at radius 1 is 1.45 bits per heavy atom. The average Bonchev–Trinajstić information content (AvgIpc) is 2.96. The molecule has 0 radical (unpaired) electrons. The lowest BCUT2D eigenvalue weighted by Crippen LogP contribution is -2.24. The van der Waals surface area contributed by atoms with Crippen LogP contribution in [-0.4, -0.2) is 21.3 Å². The summed E-state index contributed by atoms with van der Waals surface area (Å²) in [7, 11) is 1.95. The number of hydrogen-bond acceptors (Lipinski definition) is 4. The van der Waals surface area contributed by atoms with Crippen LogP contribution < -0.4 is 5.32 Å². The van der Waals surface area contributed by atoms with Crippen LogP contribution in [0.1, 0.15) is 42.0 Å². The lowest BCUT2D eigenvalue weighted by Gasteiger charge is -2.16. The molecule has 2 aromatic rings. The molecule has 2 rings (SSSR count). The van der Waals surface area contributed by atoms with Gasteiger partial charge < -0.3 is 5.32 Å². The quantitative estimate of drug-likeness (QED) is 0.890. The van der Waals surface area contributed by atoms with E-state index in [-0.39, 0.29) is 6.04 Å². The highest BCUT2D eigenvalue weighted by Gasteiger charge is 2.20. The Bertz CT molecular complexity index is 576. The predicted molar refractivity (Wildman–Crippen MR) is 84.6 cm³/mol. The second kappa shape index (κ2) is 6.70. The van der Waals surface area contributed by atoms with Crippen LogP contribution in [0.2, 0.25) is 5.02 Å². The number of thiazole rings is 1. The largest absolute Gasteiger partial charge is 0.309 e. The molecule has 0 aliphatic rings. The van der Waals surface area contributed by atoms with Gasteiger partial charge in [-0.3, -0.25) is 4.68 Å². The highest BCUT2D eigenvalue weighted by atomic mass is 35.5. The van der Waals surface area contributed by atoms with Crippen LogP contribution in [0.5, 0.6) is 0 Å². The van der Waals surface area contributed by atoms with Gasteiger partial charge in [-0.25, -0.2) is 4.98 Å². The smallest absolute Gasteiger partial charge is 0.0898 e. The molecule has 0 saturated carbocycles. The first-order valence-corrected chi connectivity index (χ1v) is 8.18. The van der Waals surface area contributed by atoms with Gasteiger partial charge in [0.1, 0.15) is 0 Å². The standard InChI is InChI=1S/C14H21ClN4S/c1-5-10-14(15)13(19(4)18-10)7-11(16-6-2)12-8-20-9(3)17-12/h8,11,16H,5-7H2,1-4H3. The molecule has 1 N–H and O–H groups in total. The molecule has 1 atom stereocenters. The third-order valence-electron chi connectivity index (χ3n) is 3.34. The zero-order valence-corrected chi connectivity index (χ0v) is 14.0. The lowest BCUT2D eigenvalue weighted by atomic mass is 10.1. The van der Waals surface area contributed by atoms with E-state index in [0.29, 0.717) is 0 Å². The monoisotopic (exact) mass is 312 g/mol. The van der Waals surface area contributed by atoms with Gasteiger partial charge in [-0.15, -0.1) is 11.3 Å². The molecule has 110 valence electrons. The molecule has 0 aliphatic carbocycles. The van der Waals surface area contributed by atoms with Crippen molar-refractivity contribution in [3.8, 4) is 0 Å². The van der Waals surface area contributed by atoms with Crippen molar-refractivity contribution in [1.82, 2.24) is 20.1 Å². The van der Waals surface area contributed by atoms with Gasteiger partial charge in [0.25, 0.3) is 0 Å². The van der Waals surface area contributed by atoms with Gasteiger partial charge in [0.15, 0.2) is 0 Å². The molecule has 4 nitrogen and oxygen atoms in total. The molecule has 0 bridgehead atoms. The van der Waals surface area contributed by atoms with Crippen molar-refractivity contribution in [1.29, 1.82) is 0 Å². The fraction of sp³-hybridized carbons (Fsp3) is 0.571. The van der Waals surface area contributed by atoms with Crippen molar-refractivity contribution in [2.24, 2.45) is 7.05 Å². The Balaban J connectivity index is 2.26. The van der Waals surface area contributed by atoms with E-state index >= 15 is 0 Å². The lowest BCUT2D eigenvalue weighted by molar-refractivity contribution is 0.519. The molecule has 0 spiro atoms. The van der Waals surface area contributed by atoms with Gasteiger partial charge in [0.05, 0.1) is 33.2 Å². The summed E-state index contributed by atoms with van der Waals surface area (Å²) < 4.78 is 1.89. The zero-order valence-electron chi connectivity index (χ0n) is 12.4. The van der Waals surface area contributed by atoms with E-state index < -0.39 is 0 Å². The second-order valence-electron chi connectivity index (χ2n) is 4.79. The SMILES string of the molecule is CCNC(Cc1c(Cl)c(CC)nn1C)c1csc(C)n1. The Labute approximate surface area is 129 Å². The summed E-state index contributed by atoms with van der Waals surface area (Å²) in [4.78, 5) is 4.60. The van der Waals surface area contributed by atoms with E-state index in [1.54, 1.807) is 11.3 Å². The highest BCUT2D eigenvalue weighted by molar-refractivity contribution is 7.09. The van der Waals surface area contributed by atoms with Crippen LogP contribution in [-0.2, 0) is 19.9 Å². The Kier molecular flexibility index (Phi) is 5.18. The second-order valence-corrected chi connectivity index (χ2v) is 6.23. The van der Waals surface area contributed by atoms with Gasteiger partial charge in [-0.05, 0) is 19.9 Å². The predicted octanol–water partition coefficient (Wildman–Crippen LogP) is 3.29. The summed E-state index contributed by atoms with van der Waals surface area (Å²) in [6, 6.07) is 0.183. The summed E-state index contributed by atoms with van der Waals surface area (Å²) in [5.74, 6) is 0. The number of aromatic nitrogens is 3. The van der Waals surface area contributed by atoms with Crippen molar-refractivity contribution in [3.05, 3.63) is 32.5 Å². The molecule has 20 heavy (non-hydrogen) atoms. The fourth-order valence-corrected chi connectivity index (χ4v) is 3.34. The molecule has 6 heteroatoms. The van der Waals surface area contributed by atoms with Crippen LogP contribution in [0.15, 0.2) is 5.38 Å². The van der Waals surface area contributed by atoms with E-state index in [1.165, 1.54) is 0 Å². The summed E-state index contributed by atoms with van der Waals surface area (Å²) in [6.07, 6.45) is 1.66. The van der Waals surface area contributed by atoms with Crippen LogP contribution in [0, 0.1) is 6.92 Å². The molecule has 0 aromatic carbocycles. The minimum atomic E-state index is 0.183. The number of hydrogen-bond donors (Lipinski definition) is 1.